The Bertz CT molecular complexity index is 1760. The highest BCUT2D eigenvalue weighted by Crippen LogP contribution is 2.43. The number of amides is 1. The van der Waals surface area contributed by atoms with Crippen molar-refractivity contribution in [2.75, 3.05) is 40.9 Å². The smallest absolute Gasteiger partial charge is 0.456 e. The standard InChI is InChI=1S/C66H111N2O7P/c1-7-10-13-16-19-22-25-27-29-31-32-33-34-35-36-37-39-41-44-47-50-53-56-59-66(70)75-64(57-54-51-48-45-42-24-21-18-15-12-9-3)63(62-74-76(71,72)73-61-60-68(4,5)6)67-65(69)58-55-52-49-46-43-40-38-30-28-26-23-20-17-14-11-8-2/h10-11,13-14,19-20,22-23,27-30,32-33,35-36,40,43,49,52,54,57,63-64H,7-9,12,15-18,21,24-26,31,34,37-39,41-42,44-48,50-51,53,55-56,58-62H2,1-6H3,(H-,67,69,71,72)/p+1/b13-10-,14-11+,22-19-,23-20+,29-27-,30-28+,33-32-,36-35-,43-40+,52-49+,57-54-. The molecule has 3 atom stereocenters. The molecule has 0 saturated heterocycles. The quantitative estimate of drug-likeness (QED) is 0.0205. The summed E-state index contributed by atoms with van der Waals surface area (Å²) in [5.74, 6) is -0.626. The van der Waals surface area contributed by atoms with E-state index in [2.05, 4.69) is 135 Å². The molecule has 10 heteroatoms. The number of allylic oxidation sites excluding steroid dienone is 21. The molecule has 0 bridgehead atoms. The molecule has 0 rings (SSSR count). The van der Waals surface area contributed by atoms with Crippen molar-refractivity contribution in [3.05, 3.63) is 134 Å². The maximum absolute atomic E-state index is 13.5. The fraction of sp³-hybridized carbons (Fsp3) is 0.636. The van der Waals surface area contributed by atoms with Crippen LogP contribution >= 0.6 is 7.82 Å². The van der Waals surface area contributed by atoms with Crippen molar-refractivity contribution >= 4 is 19.7 Å². The Hall–Kier alpha value is -3.85. The maximum atomic E-state index is 13.5. The third-order valence-electron chi connectivity index (χ3n) is 12.3. The number of esters is 1. The van der Waals surface area contributed by atoms with Crippen molar-refractivity contribution in [2.24, 2.45) is 0 Å². The van der Waals surface area contributed by atoms with E-state index in [1.165, 1.54) is 64.2 Å². The van der Waals surface area contributed by atoms with Gasteiger partial charge in [0.05, 0.1) is 33.8 Å². The summed E-state index contributed by atoms with van der Waals surface area (Å²) in [6.07, 6.45) is 77.6. The first kappa shape index (κ1) is 72.2. The number of quaternary nitrogens is 1. The van der Waals surface area contributed by atoms with Gasteiger partial charge in [0.15, 0.2) is 0 Å². The minimum absolute atomic E-state index is 0.0176. The van der Waals surface area contributed by atoms with Crippen LogP contribution < -0.4 is 5.32 Å². The summed E-state index contributed by atoms with van der Waals surface area (Å²) >= 11 is 0. The van der Waals surface area contributed by atoms with Crippen LogP contribution in [0.2, 0.25) is 0 Å². The molecule has 0 aliphatic rings. The summed E-state index contributed by atoms with van der Waals surface area (Å²) in [5, 5.41) is 2.99. The average molecular weight is 1080 g/mol. The number of carbonyl (C=O) groups excluding carboxylic acids is 2. The van der Waals surface area contributed by atoms with E-state index in [0.29, 0.717) is 23.9 Å². The van der Waals surface area contributed by atoms with Crippen LogP contribution in [0.1, 0.15) is 220 Å². The molecule has 0 aromatic carbocycles. The highest BCUT2D eigenvalue weighted by atomic mass is 31.2. The number of phosphoric ester groups is 1. The van der Waals surface area contributed by atoms with Gasteiger partial charge in [-0.1, -0.05) is 232 Å². The predicted octanol–water partition coefficient (Wildman–Crippen LogP) is 18.5. The zero-order chi connectivity index (χ0) is 55.7. The minimum Gasteiger partial charge on any atom is -0.456 e. The second-order valence-corrected chi connectivity index (χ2v) is 22.2. The monoisotopic (exact) mass is 1080 g/mol. The summed E-state index contributed by atoms with van der Waals surface area (Å²) in [6.45, 7) is 6.69. The zero-order valence-electron chi connectivity index (χ0n) is 49.2. The van der Waals surface area contributed by atoms with Crippen LogP contribution in [0.4, 0.5) is 0 Å². The van der Waals surface area contributed by atoms with Gasteiger partial charge < -0.3 is 19.4 Å². The number of likely N-dealkylation sites (N-methyl/N-ethyl adjacent to an activating group) is 1. The van der Waals surface area contributed by atoms with Crippen molar-refractivity contribution in [1.29, 1.82) is 0 Å². The first-order valence-electron chi connectivity index (χ1n) is 30.0. The van der Waals surface area contributed by atoms with Crippen LogP contribution in [0.3, 0.4) is 0 Å². The molecule has 0 radical (unpaired) electrons. The van der Waals surface area contributed by atoms with Gasteiger partial charge in [0, 0.05) is 12.8 Å². The number of nitrogens with one attached hydrogen (secondary N) is 1. The number of ether oxygens (including phenoxy) is 1. The van der Waals surface area contributed by atoms with Crippen LogP contribution in [0.25, 0.3) is 0 Å². The van der Waals surface area contributed by atoms with Crippen molar-refractivity contribution in [1.82, 2.24) is 5.32 Å². The van der Waals surface area contributed by atoms with E-state index in [1.807, 2.05) is 45.4 Å². The molecule has 2 N–H and O–H groups in total. The number of unbranched alkanes of at least 4 members (excludes halogenated alkanes) is 16. The Labute approximate surface area is 466 Å². The van der Waals surface area contributed by atoms with Gasteiger partial charge in [-0.15, -0.1) is 0 Å². The highest BCUT2D eigenvalue weighted by Gasteiger charge is 2.30. The van der Waals surface area contributed by atoms with Gasteiger partial charge in [0.1, 0.15) is 19.3 Å². The van der Waals surface area contributed by atoms with E-state index in [9.17, 15) is 19.0 Å². The Morgan fingerprint density at radius 1 is 0.474 bits per heavy atom. The van der Waals surface area contributed by atoms with E-state index in [4.69, 9.17) is 13.8 Å². The molecule has 0 aromatic heterocycles. The number of hydrogen-bond donors (Lipinski definition) is 2. The molecule has 432 valence electrons. The Balaban J connectivity index is 5.34. The molecule has 0 aliphatic carbocycles. The van der Waals surface area contributed by atoms with Gasteiger partial charge in [0.25, 0.3) is 0 Å². The van der Waals surface area contributed by atoms with E-state index in [1.54, 1.807) is 0 Å². The van der Waals surface area contributed by atoms with E-state index < -0.39 is 20.0 Å². The number of carbonyl (C=O) groups is 2. The van der Waals surface area contributed by atoms with E-state index >= 15 is 0 Å². The lowest BCUT2D eigenvalue weighted by Crippen LogP contribution is -2.47. The number of hydrogen-bond acceptors (Lipinski definition) is 6. The first-order chi connectivity index (χ1) is 36.9. The molecule has 0 aliphatic heterocycles. The second-order valence-electron chi connectivity index (χ2n) is 20.8. The van der Waals surface area contributed by atoms with Crippen LogP contribution in [-0.4, -0.2) is 74.3 Å². The molecule has 3 unspecified atom stereocenters. The Kier molecular flexibility index (Phi) is 51.7. The van der Waals surface area contributed by atoms with Gasteiger partial charge in [-0.25, -0.2) is 4.57 Å². The van der Waals surface area contributed by atoms with Crippen molar-refractivity contribution < 1.29 is 37.3 Å². The van der Waals surface area contributed by atoms with Crippen LogP contribution in [0.15, 0.2) is 134 Å². The first-order valence-corrected chi connectivity index (χ1v) is 31.5. The number of phosphoric acid groups is 1. The molecule has 0 spiro atoms. The fourth-order valence-corrected chi connectivity index (χ4v) is 8.51. The molecular formula is C66H112N2O7P+. The summed E-state index contributed by atoms with van der Waals surface area (Å²) in [6, 6.07) is -0.902. The molecule has 0 fully saturated rings. The average Bonchev–Trinajstić information content (AvgIpc) is 3.38. The lowest BCUT2D eigenvalue weighted by molar-refractivity contribution is -0.870. The third kappa shape index (κ3) is 54.9. The fourth-order valence-electron chi connectivity index (χ4n) is 7.78. The summed E-state index contributed by atoms with van der Waals surface area (Å²) in [7, 11) is 1.42. The predicted molar refractivity (Wildman–Crippen MR) is 327 cm³/mol. The van der Waals surface area contributed by atoms with Crippen LogP contribution in [0.5, 0.6) is 0 Å². The molecule has 1 amide bonds. The molecular weight excluding hydrogens is 964 g/mol. The SMILES string of the molecule is CC/C=C\C/C=C\C/C=C\C/C=C\C/C=C\CCCCCCCCCC(=O)OC(/C=C\CCCCCCCCCCC)C(COP(=O)(O)OCC[N+](C)(C)C)NC(=O)CC/C=C/C/C=C/C/C=C/C/C=C/C/C=C/CC. The molecule has 0 saturated carbocycles. The molecule has 76 heavy (non-hydrogen) atoms. The number of nitrogens with zero attached hydrogens (tertiary/aromatic N) is 1. The summed E-state index contributed by atoms with van der Waals surface area (Å²) < 4.78 is 30.6. The maximum Gasteiger partial charge on any atom is 0.472 e. The van der Waals surface area contributed by atoms with E-state index in [0.717, 1.165) is 109 Å². The number of rotatable bonds is 52. The Morgan fingerprint density at radius 3 is 1.29 bits per heavy atom. The Morgan fingerprint density at radius 2 is 0.855 bits per heavy atom. The van der Waals surface area contributed by atoms with Gasteiger partial charge in [0.2, 0.25) is 5.91 Å². The molecule has 9 nitrogen and oxygen atoms in total. The minimum atomic E-state index is -4.48. The highest BCUT2D eigenvalue weighted by molar-refractivity contribution is 7.47. The van der Waals surface area contributed by atoms with Crippen LogP contribution in [-0.2, 0) is 27.9 Å². The topological polar surface area (TPSA) is 111 Å². The summed E-state index contributed by atoms with van der Waals surface area (Å²) in [5.41, 5.74) is 0. The van der Waals surface area contributed by atoms with Gasteiger partial charge in [-0.3, -0.25) is 18.6 Å². The van der Waals surface area contributed by atoms with Gasteiger partial charge in [-0.05, 0) is 109 Å². The second kappa shape index (κ2) is 54.5. The lowest BCUT2D eigenvalue weighted by Gasteiger charge is -2.27. The van der Waals surface area contributed by atoms with E-state index in [-0.39, 0.29) is 37.9 Å². The van der Waals surface area contributed by atoms with Gasteiger partial charge >= 0.3 is 13.8 Å². The normalized spacial score (nSPS) is 14.7. The third-order valence-corrected chi connectivity index (χ3v) is 13.3. The largest absolute Gasteiger partial charge is 0.472 e. The van der Waals surface area contributed by atoms with Crippen molar-refractivity contribution in [3.63, 3.8) is 0 Å². The van der Waals surface area contributed by atoms with Gasteiger partial charge in [-0.2, -0.15) is 0 Å². The lowest BCUT2D eigenvalue weighted by atomic mass is 10.1. The summed E-state index contributed by atoms with van der Waals surface area (Å²) in [4.78, 5) is 37.6. The van der Waals surface area contributed by atoms with Crippen molar-refractivity contribution in [3.8, 4) is 0 Å². The van der Waals surface area contributed by atoms with Crippen LogP contribution in [0, 0.1) is 0 Å². The molecule has 0 heterocycles. The van der Waals surface area contributed by atoms with Crippen molar-refractivity contribution in [2.45, 2.75) is 232 Å². The molecule has 0 aromatic rings. The zero-order valence-corrected chi connectivity index (χ0v) is 50.1.